The molecule has 3 aromatic rings. The SMILES string of the molecule is COc1cccc(CNC(=O)c2ccc(-c3cccs3)[nH]c2=O)c1OC. The zero-order chi connectivity index (χ0) is 18.5. The minimum atomic E-state index is -0.450. The summed E-state index contributed by atoms with van der Waals surface area (Å²) < 4.78 is 10.6. The van der Waals surface area contributed by atoms with Gasteiger partial charge in [-0.3, -0.25) is 9.59 Å². The zero-order valence-electron chi connectivity index (χ0n) is 14.4. The van der Waals surface area contributed by atoms with Gasteiger partial charge in [-0.25, -0.2) is 0 Å². The Balaban J connectivity index is 1.76. The molecule has 134 valence electrons. The van der Waals surface area contributed by atoms with E-state index >= 15 is 0 Å². The number of pyridine rings is 1. The lowest BCUT2D eigenvalue weighted by atomic mass is 10.1. The van der Waals surface area contributed by atoms with Crippen LogP contribution in [0.25, 0.3) is 10.6 Å². The smallest absolute Gasteiger partial charge is 0.261 e. The van der Waals surface area contributed by atoms with E-state index in [-0.39, 0.29) is 12.1 Å². The molecule has 0 saturated carbocycles. The Morgan fingerprint density at radius 1 is 1.12 bits per heavy atom. The van der Waals surface area contributed by atoms with Crippen molar-refractivity contribution in [2.24, 2.45) is 0 Å². The van der Waals surface area contributed by atoms with E-state index in [0.717, 1.165) is 10.4 Å². The van der Waals surface area contributed by atoms with E-state index in [2.05, 4.69) is 10.3 Å². The number of carbonyl (C=O) groups is 1. The van der Waals surface area contributed by atoms with Crippen LogP contribution < -0.4 is 20.3 Å². The maximum absolute atomic E-state index is 12.4. The predicted octanol–water partition coefficient (Wildman–Crippen LogP) is 3.05. The van der Waals surface area contributed by atoms with Gasteiger partial charge in [0, 0.05) is 12.1 Å². The number of carbonyl (C=O) groups excluding carboxylic acids is 1. The molecule has 3 rings (SSSR count). The molecule has 0 fully saturated rings. The molecule has 6 nitrogen and oxygen atoms in total. The van der Waals surface area contributed by atoms with E-state index in [1.54, 1.807) is 19.2 Å². The number of hydrogen-bond acceptors (Lipinski definition) is 5. The van der Waals surface area contributed by atoms with E-state index in [0.29, 0.717) is 17.2 Å². The van der Waals surface area contributed by atoms with Crippen LogP contribution in [0.2, 0.25) is 0 Å². The number of para-hydroxylation sites is 1. The molecule has 2 N–H and O–H groups in total. The van der Waals surface area contributed by atoms with Crippen molar-refractivity contribution in [2.75, 3.05) is 14.2 Å². The molecule has 0 unspecified atom stereocenters. The first-order valence-corrected chi connectivity index (χ1v) is 8.77. The highest BCUT2D eigenvalue weighted by atomic mass is 32.1. The average Bonchev–Trinajstić information content (AvgIpc) is 3.20. The van der Waals surface area contributed by atoms with Crippen LogP contribution in [-0.2, 0) is 6.54 Å². The minimum Gasteiger partial charge on any atom is -0.493 e. The molecule has 26 heavy (non-hydrogen) atoms. The first kappa shape index (κ1) is 17.8. The van der Waals surface area contributed by atoms with Crippen molar-refractivity contribution in [1.29, 1.82) is 0 Å². The number of thiophene rings is 1. The Labute approximate surface area is 154 Å². The van der Waals surface area contributed by atoms with Gasteiger partial charge in [0.15, 0.2) is 11.5 Å². The highest BCUT2D eigenvalue weighted by molar-refractivity contribution is 7.13. The maximum Gasteiger partial charge on any atom is 0.261 e. The number of ether oxygens (including phenoxy) is 2. The van der Waals surface area contributed by atoms with Crippen LogP contribution in [0, 0.1) is 0 Å². The fraction of sp³-hybridized carbons (Fsp3) is 0.158. The summed E-state index contributed by atoms with van der Waals surface area (Å²) in [6.45, 7) is 0.214. The van der Waals surface area contributed by atoms with E-state index in [1.165, 1.54) is 24.5 Å². The van der Waals surface area contributed by atoms with Crippen molar-refractivity contribution >= 4 is 17.2 Å². The fourth-order valence-electron chi connectivity index (χ4n) is 2.59. The molecule has 0 saturated heterocycles. The van der Waals surface area contributed by atoms with Gasteiger partial charge in [0.2, 0.25) is 0 Å². The van der Waals surface area contributed by atoms with E-state index < -0.39 is 11.5 Å². The third-order valence-electron chi connectivity index (χ3n) is 3.86. The topological polar surface area (TPSA) is 80.4 Å². The molecule has 0 bridgehead atoms. The quantitative estimate of drug-likeness (QED) is 0.699. The summed E-state index contributed by atoms with van der Waals surface area (Å²) in [5.41, 5.74) is 1.08. The molecular formula is C19H18N2O4S. The molecule has 0 aliphatic heterocycles. The lowest BCUT2D eigenvalue weighted by Crippen LogP contribution is -2.29. The summed E-state index contributed by atoms with van der Waals surface area (Å²) in [5, 5.41) is 4.67. The second kappa shape index (κ2) is 7.88. The molecule has 2 heterocycles. The molecule has 1 aromatic carbocycles. The van der Waals surface area contributed by atoms with Crippen LogP contribution in [0.5, 0.6) is 11.5 Å². The van der Waals surface area contributed by atoms with Gasteiger partial charge in [0.05, 0.1) is 24.8 Å². The molecule has 0 radical (unpaired) electrons. The first-order chi connectivity index (χ1) is 12.6. The summed E-state index contributed by atoms with van der Waals surface area (Å²) in [6, 6.07) is 12.5. The number of methoxy groups -OCH3 is 2. The number of H-pyrrole nitrogens is 1. The summed E-state index contributed by atoms with van der Waals surface area (Å²) >= 11 is 1.52. The Kier molecular flexibility index (Phi) is 5.38. The van der Waals surface area contributed by atoms with Crippen LogP contribution >= 0.6 is 11.3 Å². The first-order valence-electron chi connectivity index (χ1n) is 7.89. The van der Waals surface area contributed by atoms with Crippen LogP contribution in [0.1, 0.15) is 15.9 Å². The lowest BCUT2D eigenvalue weighted by molar-refractivity contribution is 0.0949. The van der Waals surface area contributed by atoms with Crippen molar-refractivity contribution in [2.45, 2.75) is 6.54 Å². The second-order valence-electron chi connectivity index (χ2n) is 5.43. The summed E-state index contributed by atoms with van der Waals surface area (Å²) in [5.74, 6) is 0.684. The number of amides is 1. The number of nitrogens with one attached hydrogen (secondary N) is 2. The van der Waals surface area contributed by atoms with Crippen LogP contribution in [0.3, 0.4) is 0 Å². The molecule has 0 atom stereocenters. The Hall–Kier alpha value is -3.06. The van der Waals surface area contributed by atoms with Gasteiger partial charge in [-0.15, -0.1) is 11.3 Å². The number of rotatable bonds is 6. The molecule has 0 aliphatic carbocycles. The van der Waals surface area contributed by atoms with Gasteiger partial charge < -0.3 is 19.8 Å². The minimum absolute atomic E-state index is 0.0622. The summed E-state index contributed by atoms with van der Waals surface area (Å²) in [4.78, 5) is 28.3. The Bertz CT molecular complexity index is 964. The third kappa shape index (κ3) is 3.62. The van der Waals surface area contributed by atoms with Crippen LogP contribution in [0.4, 0.5) is 0 Å². The van der Waals surface area contributed by atoms with Crippen molar-refractivity contribution < 1.29 is 14.3 Å². The molecule has 0 aliphatic rings. The predicted molar refractivity (Wildman–Crippen MR) is 101 cm³/mol. The molecule has 7 heteroatoms. The average molecular weight is 370 g/mol. The monoisotopic (exact) mass is 370 g/mol. The Morgan fingerprint density at radius 3 is 2.62 bits per heavy atom. The van der Waals surface area contributed by atoms with Crippen LogP contribution in [0.15, 0.2) is 52.6 Å². The van der Waals surface area contributed by atoms with Crippen molar-refractivity contribution in [3.8, 4) is 22.1 Å². The Morgan fingerprint density at radius 2 is 1.96 bits per heavy atom. The molecule has 2 aromatic heterocycles. The number of aromatic amines is 1. The summed E-state index contributed by atoms with van der Waals surface area (Å²) in [7, 11) is 3.09. The second-order valence-corrected chi connectivity index (χ2v) is 6.38. The van der Waals surface area contributed by atoms with Gasteiger partial charge >= 0.3 is 0 Å². The highest BCUT2D eigenvalue weighted by Gasteiger charge is 2.14. The van der Waals surface area contributed by atoms with E-state index in [4.69, 9.17) is 9.47 Å². The molecule has 0 spiro atoms. The fourth-order valence-corrected chi connectivity index (χ4v) is 3.30. The zero-order valence-corrected chi connectivity index (χ0v) is 15.2. The van der Waals surface area contributed by atoms with Gasteiger partial charge in [-0.1, -0.05) is 18.2 Å². The number of benzene rings is 1. The van der Waals surface area contributed by atoms with Gasteiger partial charge in [0.25, 0.3) is 11.5 Å². The normalized spacial score (nSPS) is 10.4. The van der Waals surface area contributed by atoms with Gasteiger partial charge in [0.1, 0.15) is 5.56 Å². The van der Waals surface area contributed by atoms with Crippen molar-refractivity contribution in [1.82, 2.24) is 10.3 Å². The lowest BCUT2D eigenvalue weighted by Gasteiger charge is -2.13. The standard InChI is InChI=1S/C19H18N2O4S/c1-24-15-6-3-5-12(17(15)25-2)11-20-18(22)13-8-9-14(21-19(13)23)16-7-4-10-26-16/h3-10H,11H2,1-2H3,(H,20,22)(H,21,23). The molecule has 1 amide bonds. The number of aromatic nitrogens is 1. The van der Waals surface area contributed by atoms with E-state index in [9.17, 15) is 9.59 Å². The third-order valence-corrected chi connectivity index (χ3v) is 4.77. The van der Waals surface area contributed by atoms with Crippen LogP contribution in [-0.4, -0.2) is 25.1 Å². The van der Waals surface area contributed by atoms with E-state index in [1.807, 2.05) is 29.6 Å². The van der Waals surface area contributed by atoms with Gasteiger partial charge in [-0.2, -0.15) is 0 Å². The highest BCUT2D eigenvalue weighted by Crippen LogP contribution is 2.30. The summed E-state index contributed by atoms with van der Waals surface area (Å²) in [6.07, 6.45) is 0. The van der Waals surface area contributed by atoms with Crippen molar-refractivity contribution in [3.05, 3.63) is 69.3 Å². The maximum atomic E-state index is 12.4. The van der Waals surface area contributed by atoms with Crippen molar-refractivity contribution in [3.63, 3.8) is 0 Å². The molecular weight excluding hydrogens is 352 g/mol. The largest absolute Gasteiger partial charge is 0.493 e. The van der Waals surface area contributed by atoms with Gasteiger partial charge in [-0.05, 0) is 29.6 Å². The number of hydrogen-bond donors (Lipinski definition) is 2.